The summed E-state index contributed by atoms with van der Waals surface area (Å²) in [4.78, 5) is 0. The zero-order valence-corrected chi connectivity index (χ0v) is 18.2. The third-order valence-corrected chi connectivity index (χ3v) is 7.62. The minimum absolute atomic E-state index is 0.275. The quantitative estimate of drug-likeness (QED) is 0.312. The van der Waals surface area contributed by atoms with Crippen LogP contribution in [-0.2, 0) is 0 Å². The Hall–Kier alpha value is -1.78. The van der Waals surface area contributed by atoms with Crippen LogP contribution in [-0.4, -0.2) is 6.61 Å². The Morgan fingerprint density at radius 1 is 0.968 bits per heavy atom. The number of hydrogen-bond donors (Lipinski definition) is 0. The van der Waals surface area contributed by atoms with Crippen LogP contribution in [0, 0.1) is 29.4 Å². The van der Waals surface area contributed by atoms with E-state index >= 15 is 0 Å². The lowest BCUT2D eigenvalue weighted by Crippen LogP contribution is -2.30. The summed E-state index contributed by atoms with van der Waals surface area (Å²) in [6.45, 7) is -0.899. The number of hydrogen-bond acceptors (Lipinski definition) is 1. The van der Waals surface area contributed by atoms with Crippen molar-refractivity contribution >= 4 is 10.8 Å². The molecule has 0 heterocycles. The number of ether oxygens (including phenoxy) is 1. The maximum atomic E-state index is 14.8. The first-order valence-electron chi connectivity index (χ1n) is 11.8. The lowest BCUT2D eigenvalue weighted by Gasteiger charge is -2.42. The first-order chi connectivity index (χ1) is 15.0. The monoisotopic (exact) mass is 436 g/mol. The van der Waals surface area contributed by atoms with Crippen molar-refractivity contribution in [3.63, 3.8) is 0 Å². The van der Waals surface area contributed by atoms with Crippen LogP contribution < -0.4 is 4.74 Å². The first kappa shape index (κ1) is 22.4. The van der Waals surface area contributed by atoms with Gasteiger partial charge in [0.25, 0.3) is 0 Å². The molecule has 5 heteroatoms. The number of rotatable bonds is 7. The Labute approximate surface area is 182 Å². The summed E-state index contributed by atoms with van der Waals surface area (Å²) < 4.78 is 58.5. The predicted octanol–water partition coefficient (Wildman–Crippen LogP) is 8.60. The number of alkyl halides is 2. The van der Waals surface area contributed by atoms with Crippen molar-refractivity contribution in [1.82, 2.24) is 0 Å². The molecular formula is C26H32F4O. The molecule has 2 fully saturated rings. The van der Waals surface area contributed by atoms with E-state index in [1.807, 2.05) is 6.07 Å². The van der Waals surface area contributed by atoms with Crippen LogP contribution in [0.3, 0.4) is 0 Å². The minimum Gasteiger partial charge on any atom is -0.432 e. The first-order valence-corrected chi connectivity index (χ1v) is 11.8. The van der Waals surface area contributed by atoms with E-state index in [4.69, 9.17) is 0 Å². The molecule has 0 bridgehead atoms. The van der Waals surface area contributed by atoms with E-state index in [1.165, 1.54) is 63.5 Å². The van der Waals surface area contributed by atoms with E-state index in [0.29, 0.717) is 11.3 Å². The smallest absolute Gasteiger partial charge is 0.387 e. The van der Waals surface area contributed by atoms with Crippen molar-refractivity contribution in [1.29, 1.82) is 0 Å². The maximum Gasteiger partial charge on any atom is 0.387 e. The molecule has 0 amide bonds. The van der Waals surface area contributed by atoms with Gasteiger partial charge in [-0.2, -0.15) is 8.78 Å². The van der Waals surface area contributed by atoms with E-state index in [2.05, 4.69) is 11.7 Å². The van der Waals surface area contributed by atoms with E-state index in [9.17, 15) is 17.6 Å². The highest BCUT2D eigenvalue weighted by molar-refractivity contribution is 5.86. The second kappa shape index (κ2) is 9.79. The molecule has 2 unspecified atom stereocenters. The van der Waals surface area contributed by atoms with E-state index in [1.54, 1.807) is 0 Å². The van der Waals surface area contributed by atoms with Crippen molar-refractivity contribution in [2.24, 2.45) is 17.8 Å². The lowest BCUT2D eigenvalue weighted by molar-refractivity contribution is -0.0520. The fourth-order valence-electron chi connectivity index (χ4n) is 6.03. The lowest BCUT2D eigenvalue weighted by atomic mass is 9.63. The van der Waals surface area contributed by atoms with Gasteiger partial charge in [-0.1, -0.05) is 51.2 Å². The molecule has 2 aliphatic rings. The average molecular weight is 437 g/mol. The molecule has 0 radical (unpaired) electrons. The summed E-state index contributed by atoms with van der Waals surface area (Å²) in [5.74, 6) is 0.239. The van der Waals surface area contributed by atoms with Crippen LogP contribution in [0.15, 0.2) is 24.3 Å². The van der Waals surface area contributed by atoms with Crippen LogP contribution in [0.5, 0.6) is 5.75 Å². The largest absolute Gasteiger partial charge is 0.432 e. The molecule has 2 aromatic rings. The summed E-state index contributed by atoms with van der Waals surface area (Å²) >= 11 is 0. The predicted molar refractivity (Wildman–Crippen MR) is 116 cm³/mol. The Morgan fingerprint density at radius 3 is 2.52 bits per heavy atom. The molecule has 0 spiro atoms. The standard InChI is InChI=1S/C26H32F4O/c1-2-3-4-5-16-6-7-18-13-19(9-8-17(18)12-16)21-14-20-10-11-23(31-26(29)30)25(28)24(20)22(27)15-21/h10-11,14-19,26H,2-9,12-13H2,1H3/t16-,17?,18-,19?/m1/s1. The number of fused-ring (bicyclic) bond motifs is 2. The Kier molecular flexibility index (Phi) is 7.08. The molecule has 31 heavy (non-hydrogen) atoms. The zero-order valence-electron chi connectivity index (χ0n) is 18.2. The molecule has 0 aliphatic heterocycles. The highest BCUT2D eigenvalue weighted by Crippen LogP contribution is 2.49. The van der Waals surface area contributed by atoms with E-state index < -0.39 is 24.0 Å². The Morgan fingerprint density at radius 2 is 1.74 bits per heavy atom. The molecule has 4 rings (SSSR count). The van der Waals surface area contributed by atoms with Crippen molar-refractivity contribution in [2.45, 2.75) is 83.7 Å². The van der Waals surface area contributed by atoms with Gasteiger partial charge >= 0.3 is 6.61 Å². The van der Waals surface area contributed by atoms with Crippen molar-refractivity contribution < 1.29 is 22.3 Å². The zero-order chi connectivity index (χ0) is 22.0. The fraction of sp³-hybridized carbons (Fsp3) is 0.615. The maximum absolute atomic E-state index is 14.8. The number of benzene rings is 2. The van der Waals surface area contributed by atoms with Gasteiger partial charge in [-0.3, -0.25) is 0 Å². The highest BCUT2D eigenvalue weighted by atomic mass is 19.3. The molecule has 0 saturated heterocycles. The molecule has 2 aromatic carbocycles. The molecule has 0 N–H and O–H groups in total. The third-order valence-electron chi connectivity index (χ3n) is 7.62. The van der Waals surface area contributed by atoms with Gasteiger partial charge in [0.2, 0.25) is 0 Å². The topological polar surface area (TPSA) is 9.23 Å². The van der Waals surface area contributed by atoms with Gasteiger partial charge in [0.1, 0.15) is 5.82 Å². The molecule has 4 atom stereocenters. The second-order valence-electron chi connectivity index (χ2n) is 9.56. The summed E-state index contributed by atoms with van der Waals surface area (Å²) in [6.07, 6.45) is 12.5. The molecule has 2 aliphatic carbocycles. The van der Waals surface area contributed by atoms with Gasteiger partial charge in [0.05, 0.1) is 5.39 Å². The van der Waals surface area contributed by atoms with Crippen LogP contribution in [0.25, 0.3) is 10.8 Å². The van der Waals surface area contributed by atoms with E-state index in [-0.39, 0.29) is 11.3 Å². The van der Waals surface area contributed by atoms with E-state index in [0.717, 1.165) is 36.3 Å². The Balaban J connectivity index is 1.47. The van der Waals surface area contributed by atoms with Gasteiger partial charge in [0.15, 0.2) is 11.6 Å². The molecule has 2 saturated carbocycles. The molecule has 0 aromatic heterocycles. The second-order valence-corrected chi connectivity index (χ2v) is 9.56. The third kappa shape index (κ3) is 5.01. The van der Waals surface area contributed by atoms with Crippen LogP contribution in [0.1, 0.15) is 82.6 Å². The van der Waals surface area contributed by atoms with Crippen LogP contribution >= 0.6 is 0 Å². The number of unbranched alkanes of at least 4 members (excludes halogenated alkanes) is 2. The summed E-state index contributed by atoms with van der Waals surface area (Å²) in [5.41, 5.74) is 0.899. The average Bonchev–Trinajstić information content (AvgIpc) is 2.75. The van der Waals surface area contributed by atoms with Crippen LogP contribution in [0.4, 0.5) is 17.6 Å². The Bertz CT molecular complexity index is 897. The van der Waals surface area contributed by atoms with Crippen molar-refractivity contribution in [3.05, 3.63) is 41.5 Å². The van der Waals surface area contributed by atoms with Gasteiger partial charge in [-0.25, -0.2) is 8.78 Å². The van der Waals surface area contributed by atoms with Gasteiger partial charge in [-0.15, -0.1) is 0 Å². The van der Waals surface area contributed by atoms with Gasteiger partial charge < -0.3 is 4.74 Å². The van der Waals surface area contributed by atoms with Gasteiger partial charge in [0, 0.05) is 0 Å². The summed E-state index contributed by atoms with van der Waals surface area (Å²) in [7, 11) is 0. The molecular weight excluding hydrogens is 404 g/mol. The molecule has 1 nitrogen and oxygen atoms in total. The minimum atomic E-state index is -3.15. The van der Waals surface area contributed by atoms with Gasteiger partial charge in [-0.05, 0) is 78.9 Å². The SMILES string of the molecule is CCCCC[C@@H]1CC[C@@H]2CC(c3cc(F)c4c(F)c(OC(F)F)ccc4c3)CCC2C1. The summed E-state index contributed by atoms with van der Waals surface area (Å²) in [5, 5.41) is 0.124. The highest BCUT2D eigenvalue weighted by Gasteiger charge is 2.36. The fourth-order valence-corrected chi connectivity index (χ4v) is 6.03. The van der Waals surface area contributed by atoms with Crippen molar-refractivity contribution in [2.75, 3.05) is 0 Å². The summed E-state index contributed by atoms with van der Waals surface area (Å²) in [6, 6.07) is 5.85. The van der Waals surface area contributed by atoms with Crippen molar-refractivity contribution in [3.8, 4) is 5.75 Å². The molecule has 170 valence electrons. The number of halogens is 4. The van der Waals surface area contributed by atoms with Crippen LogP contribution in [0.2, 0.25) is 0 Å². The normalized spacial score (nSPS) is 26.3.